The molecule has 0 radical (unpaired) electrons. The average molecular weight is 241 g/mol. The van der Waals surface area contributed by atoms with Crippen LogP contribution in [0.1, 0.15) is 22.6 Å². The molecule has 0 bridgehead atoms. The van der Waals surface area contributed by atoms with Crippen molar-refractivity contribution in [1.82, 2.24) is 20.8 Å². The Balaban J connectivity index is 1.76. The van der Waals surface area contributed by atoms with Crippen LogP contribution in [-0.2, 0) is 4.79 Å². The predicted molar refractivity (Wildman–Crippen MR) is 57.8 cm³/mol. The van der Waals surface area contributed by atoms with Crippen LogP contribution >= 0.6 is 11.3 Å². The molecule has 86 valence electrons. The molecule has 0 atom stereocenters. The minimum Gasteiger partial charge on any atom is -0.374 e. The van der Waals surface area contributed by atoms with Gasteiger partial charge in [0.15, 0.2) is 0 Å². The highest BCUT2D eigenvalue weighted by Crippen LogP contribution is 2.18. The molecule has 0 aliphatic heterocycles. The van der Waals surface area contributed by atoms with Gasteiger partial charge < -0.3 is 16.4 Å². The van der Waals surface area contributed by atoms with E-state index in [2.05, 4.69) is 20.8 Å². The van der Waals surface area contributed by atoms with Gasteiger partial charge in [0, 0.05) is 6.04 Å². The molecule has 0 spiro atoms. The summed E-state index contributed by atoms with van der Waals surface area (Å²) in [5.41, 5.74) is 5.33. The number of carbonyl (C=O) groups excluding carboxylic acids is 2. The van der Waals surface area contributed by atoms with E-state index < -0.39 is 5.91 Å². The van der Waals surface area contributed by atoms with Crippen LogP contribution in [0, 0.1) is 0 Å². The molecule has 1 aliphatic rings. The molecule has 0 unspecified atom stereocenters. The van der Waals surface area contributed by atoms with E-state index in [-0.39, 0.29) is 22.6 Å². The largest absolute Gasteiger partial charge is 0.374 e. The van der Waals surface area contributed by atoms with E-state index in [1.165, 1.54) is 0 Å². The molecule has 0 saturated heterocycles. The van der Waals surface area contributed by atoms with Crippen molar-refractivity contribution in [3.8, 4) is 0 Å². The summed E-state index contributed by atoms with van der Waals surface area (Å²) in [7, 11) is 0. The Hall–Kier alpha value is -1.70. The summed E-state index contributed by atoms with van der Waals surface area (Å²) < 4.78 is 0. The summed E-state index contributed by atoms with van der Waals surface area (Å²) >= 11 is 0.986. The summed E-state index contributed by atoms with van der Waals surface area (Å²) in [5.74, 6) is -0.617. The third-order valence-corrected chi connectivity index (χ3v) is 2.74. The van der Waals surface area contributed by atoms with E-state index >= 15 is 0 Å². The van der Waals surface area contributed by atoms with Crippen molar-refractivity contribution in [1.29, 1.82) is 0 Å². The molecule has 8 heteroatoms. The van der Waals surface area contributed by atoms with E-state index in [0.717, 1.165) is 24.2 Å². The predicted octanol–water partition coefficient (Wildman–Crippen LogP) is -0.871. The first-order valence-electron chi connectivity index (χ1n) is 4.81. The van der Waals surface area contributed by atoms with Crippen LogP contribution < -0.4 is 16.4 Å². The van der Waals surface area contributed by atoms with Gasteiger partial charge in [-0.1, -0.05) is 11.3 Å². The molecular weight excluding hydrogens is 230 g/mol. The zero-order chi connectivity index (χ0) is 11.5. The second-order valence-electron chi connectivity index (χ2n) is 3.47. The number of hydrogen-bond donors (Lipinski definition) is 3. The van der Waals surface area contributed by atoms with Crippen molar-refractivity contribution in [2.24, 2.45) is 0 Å². The first kappa shape index (κ1) is 10.8. The van der Waals surface area contributed by atoms with Crippen molar-refractivity contribution in [3.63, 3.8) is 0 Å². The number of nitrogen functional groups attached to an aromatic ring is 1. The smallest absolute Gasteiger partial charge is 0.282 e. The maximum Gasteiger partial charge on any atom is 0.282 e. The summed E-state index contributed by atoms with van der Waals surface area (Å²) in [6.45, 7) is -0.0468. The molecule has 1 aromatic heterocycles. The van der Waals surface area contributed by atoms with Gasteiger partial charge in [-0.05, 0) is 12.8 Å². The zero-order valence-corrected chi connectivity index (χ0v) is 9.21. The number of amides is 2. The normalized spacial score (nSPS) is 14.5. The lowest BCUT2D eigenvalue weighted by Crippen LogP contribution is -2.37. The van der Waals surface area contributed by atoms with Gasteiger partial charge in [-0.2, -0.15) is 0 Å². The molecule has 1 aliphatic carbocycles. The first-order valence-corrected chi connectivity index (χ1v) is 5.63. The molecule has 1 heterocycles. The SMILES string of the molecule is Nc1nnc(C(=O)NCC(=O)NC2CC2)s1. The fourth-order valence-corrected chi connectivity index (χ4v) is 1.60. The van der Waals surface area contributed by atoms with E-state index in [9.17, 15) is 9.59 Å². The lowest BCUT2D eigenvalue weighted by molar-refractivity contribution is -0.120. The van der Waals surface area contributed by atoms with Crippen LogP contribution in [0.5, 0.6) is 0 Å². The number of nitrogens with one attached hydrogen (secondary N) is 2. The van der Waals surface area contributed by atoms with Crippen molar-refractivity contribution in [3.05, 3.63) is 5.01 Å². The monoisotopic (exact) mass is 241 g/mol. The number of rotatable bonds is 4. The highest BCUT2D eigenvalue weighted by Gasteiger charge is 2.23. The van der Waals surface area contributed by atoms with Crippen LogP contribution in [-0.4, -0.2) is 34.6 Å². The van der Waals surface area contributed by atoms with Gasteiger partial charge in [-0.25, -0.2) is 0 Å². The van der Waals surface area contributed by atoms with E-state index in [4.69, 9.17) is 5.73 Å². The molecule has 1 aromatic rings. The molecule has 1 saturated carbocycles. The molecule has 0 aromatic carbocycles. The van der Waals surface area contributed by atoms with Crippen LogP contribution in [0.3, 0.4) is 0 Å². The Kier molecular flexibility index (Phi) is 3.00. The molecule has 2 rings (SSSR count). The lowest BCUT2D eigenvalue weighted by Gasteiger charge is -2.03. The van der Waals surface area contributed by atoms with Crippen LogP contribution in [0.25, 0.3) is 0 Å². The highest BCUT2D eigenvalue weighted by atomic mass is 32.1. The van der Waals surface area contributed by atoms with Crippen LogP contribution in [0.4, 0.5) is 5.13 Å². The molecule has 2 amide bonds. The second kappa shape index (κ2) is 4.44. The van der Waals surface area contributed by atoms with E-state index in [1.807, 2.05) is 0 Å². The Labute approximate surface area is 95.4 Å². The Morgan fingerprint density at radius 1 is 1.44 bits per heavy atom. The molecular formula is C8H11N5O2S. The van der Waals surface area contributed by atoms with Crippen molar-refractivity contribution >= 4 is 28.3 Å². The van der Waals surface area contributed by atoms with E-state index in [0.29, 0.717) is 6.04 Å². The van der Waals surface area contributed by atoms with Gasteiger partial charge in [0.2, 0.25) is 16.0 Å². The minimum absolute atomic E-state index is 0.0468. The molecule has 16 heavy (non-hydrogen) atoms. The van der Waals surface area contributed by atoms with E-state index in [1.54, 1.807) is 0 Å². The van der Waals surface area contributed by atoms with Crippen molar-refractivity contribution in [2.75, 3.05) is 12.3 Å². The quantitative estimate of drug-likeness (QED) is 0.634. The Morgan fingerprint density at radius 2 is 2.19 bits per heavy atom. The molecule has 7 nitrogen and oxygen atoms in total. The van der Waals surface area contributed by atoms with Crippen molar-refractivity contribution in [2.45, 2.75) is 18.9 Å². The standard InChI is InChI=1S/C8H11N5O2S/c9-8-13-12-7(16-8)6(15)10-3-5(14)11-4-1-2-4/h4H,1-3H2,(H2,9,13)(H,10,15)(H,11,14). The Bertz CT molecular complexity index is 414. The number of aromatic nitrogens is 2. The second-order valence-corrected chi connectivity index (χ2v) is 4.48. The summed E-state index contributed by atoms with van der Waals surface area (Å²) in [4.78, 5) is 22.7. The Morgan fingerprint density at radius 3 is 2.75 bits per heavy atom. The minimum atomic E-state index is -0.430. The highest BCUT2D eigenvalue weighted by molar-refractivity contribution is 7.16. The van der Waals surface area contributed by atoms with Gasteiger partial charge >= 0.3 is 0 Å². The topological polar surface area (TPSA) is 110 Å². The number of nitrogens with two attached hydrogens (primary N) is 1. The lowest BCUT2D eigenvalue weighted by atomic mass is 10.5. The fourth-order valence-electron chi connectivity index (χ4n) is 1.07. The van der Waals surface area contributed by atoms with Crippen LogP contribution in [0.15, 0.2) is 0 Å². The maximum absolute atomic E-state index is 11.4. The average Bonchev–Trinajstić information content (AvgIpc) is 2.95. The summed E-state index contributed by atoms with van der Waals surface area (Å²) in [5, 5.41) is 12.7. The summed E-state index contributed by atoms with van der Waals surface area (Å²) in [6.07, 6.45) is 2.04. The van der Waals surface area contributed by atoms with Crippen LogP contribution in [0.2, 0.25) is 0 Å². The van der Waals surface area contributed by atoms with Gasteiger partial charge in [0.05, 0.1) is 6.54 Å². The first-order chi connectivity index (χ1) is 7.65. The molecule has 1 fully saturated rings. The van der Waals surface area contributed by atoms with Gasteiger partial charge in [0.25, 0.3) is 5.91 Å². The number of nitrogens with zero attached hydrogens (tertiary/aromatic N) is 2. The zero-order valence-electron chi connectivity index (χ0n) is 8.40. The third kappa shape index (κ3) is 2.89. The molecule has 4 N–H and O–H groups in total. The number of hydrogen-bond acceptors (Lipinski definition) is 6. The van der Waals surface area contributed by atoms with Crippen molar-refractivity contribution < 1.29 is 9.59 Å². The summed E-state index contributed by atoms with van der Waals surface area (Å²) in [6, 6.07) is 0.293. The third-order valence-electron chi connectivity index (χ3n) is 1.99. The maximum atomic E-state index is 11.4. The number of carbonyl (C=O) groups is 2. The number of anilines is 1. The fraction of sp³-hybridized carbons (Fsp3) is 0.500. The van der Waals surface area contributed by atoms with Gasteiger partial charge in [0.1, 0.15) is 0 Å². The van der Waals surface area contributed by atoms with Gasteiger partial charge in [-0.15, -0.1) is 10.2 Å². The van der Waals surface area contributed by atoms with Gasteiger partial charge in [-0.3, -0.25) is 9.59 Å².